The average molecular weight is 392 g/mol. The maximum absolute atomic E-state index is 14.6. The first-order chi connectivity index (χ1) is 13.7. The molecular weight excluding hydrogens is 367 g/mol. The summed E-state index contributed by atoms with van der Waals surface area (Å²) >= 11 is 0. The summed E-state index contributed by atoms with van der Waals surface area (Å²) < 4.78 is 26.8. The van der Waals surface area contributed by atoms with Gasteiger partial charge in [-0.1, -0.05) is 97.9 Å². The lowest BCUT2D eigenvalue weighted by molar-refractivity contribution is -0.170. The summed E-state index contributed by atoms with van der Waals surface area (Å²) in [5.41, 5.74) is 0.822. The fourth-order valence-electron chi connectivity index (χ4n) is 4.02. The molecule has 1 saturated heterocycles. The molecule has 4 heteroatoms. The molecule has 0 aliphatic carbocycles. The quantitative estimate of drug-likeness (QED) is 0.572. The van der Waals surface area contributed by atoms with E-state index in [2.05, 4.69) is 6.92 Å². The highest BCUT2D eigenvalue weighted by atomic mass is 31.2. The molecule has 3 aromatic rings. The highest BCUT2D eigenvalue weighted by molar-refractivity contribution is 7.79. The molecule has 0 amide bonds. The van der Waals surface area contributed by atoms with Crippen LogP contribution < -0.4 is 10.6 Å². The van der Waals surface area contributed by atoms with Crippen LogP contribution in [0.4, 0.5) is 0 Å². The first-order valence-corrected chi connectivity index (χ1v) is 11.5. The van der Waals surface area contributed by atoms with Crippen LogP contribution in [0.1, 0.15) is 18.9 Å². The van der Waals surface area contributed by atoms with Gasteiger partial charge in [0.1, 0.15) is 7.14 Å². The molecule has 28 heavy (non-hydrogen) atoms. The molecule has 1 aliphatic heterocycles. The van der Waals surface area contributed by atoms with E-state index in [1.807, 2.05) is 91.0 Å². The molecule has 144 valence electrons. The van der Waals surface area contributed by atoms with Gasteiger partial charge >= 0.3 is 0 Å². The topological polar surface area (TPSA) is 35.5 Å². The molecule has 0 aromatic heterocycles. The minimum atomic E-state index is -2.89. The summed E-state index contributed by atoms with van der Waals surface area (Å²) in [7, 11) is -2.89. The zero-order valence-electron chi connectivity index (χ0n) is 16.0. The van der Waals surface area contributed by atoms with Gasteiger partial charge in [0, 0.05) is 28.3 Å². The first-order valence-electron chi connectivity index (χ1n) is 9.69. The van der Waals surface area contributed by atoms with Crippen LogP contribution in [0.5, 0.6) is 0 Å². The SMILES string of the molecule is CC(CC1(c2ccccc2)OCCO1)P(=O)(c1ccccc1)c1ccccc1. The van der Waals surface area contributed by atoms with Crippen molar-refractivity contribution in [2.75, 3.05) is 13.2 Å². The van der Waals surface area contributed by atoms with Gasteiger partial charge in [0.2, 0.25) is 0 Å². The Morgan fingerprint density at radius 2 is 1.21 bits per heavy atom. The zero-order valence-corrected chi connectivity index (χ0v) is 16.9. The van der Waals surface area contributed by atoms with Gasteiger partial charge in [0.05, 0.1) is 13.2 Å². The van der Waals surface area contributed by atoms with Crippen LogP contribution in [0.2, 0.25) is 0 Å². The standard InChI is InChI=1S/C24H25O3P/c1-20(19-24(26-17-18-27-24)21-11-5-2-6-12-21)28(25,22-13-7-3-8-14-22)23-15-9-4-10-16-23/h2-16,20H,17-19H2,1H3. The molecule has 1 atom stereocenters. The lowest BCUT2D eigenvalue weighted by atomic mass is 10.0. The predicted octanol–water partition coefficient (Wildman–Crippen LogP) is 4.68. The van der Waals surface area contributed by atoms with Crippen LogP contribution in [0.25, 0.3) is 0 Å². The molecule has 0 bridgehead atoms. The van der Waals surface area contributed by atoms with E-state index >= 15 is 0 Å². The maximum Gasteiger partial charge on any atom is 0.195 e. The highest BCUT2D eigenvalue weighted by Crippen LogP contribution is 2.53. The molecule has 0 spiro atoms. The summed E-state index contributed by atoms with van der Waals surface area (Å²) in [6, 6.07) is 29.6. The Bertz CT molecular complexity index is 892. The summed E-state index contributed by atoms with van der Waals surface area (Å²) in [4.78, 5) is 0. The second-order valence-electron chi connectivity index (χ2n) is 7.20. The second kappa shape index (κ2) is 8.05. The van der Waals surface area contributed by atoms with Gasteiger partial charge in [-0.25, -0.2) is 0 Å². The molecule has 1 unspecified atom stereocenters. The Morgan fingerprint density at radius 3 is 1.68 bits per heavy atom. The normalized spacial score (nSPS) is 17.3. The van der Waals surface area contributed by atoms with Crippen molar-refractivity contribution in [1.82, 2.24) is 0 Å². The van der Waals surface area contributed by atoms with Gasteiger partial charge < -0.3 is 14.0 Å². The smallest absolute Gasteiger partial charge is 0.195 e. The van der Waals surface area contributed by atoms with Crippen molar-refractivity contribution in [1.29, 1.82) is 0 Å². The largest absolute Gasteiger partial charge is 0.343 e. The number of benzene rings is 3. The second-order valence-corrected chi connectivity index (χ2v) is 10.4. The number of hydrogen-bond donors (Lipinski definition) is 0. The van der Waals surface area contributed by atoms with E-state index < -0.39 is 12.9 Å². The minimum absolute atomic E-state index is 0.157. The maximum atomic E-state index is 14.6. The predicted molar refractivity (Wildman–Crippen MR) is 114 cm³/mol. The third-order valence-electron chi connectivity index (χ3n) is 5.43. The fourth-order valence-corrected chi connectivity index (χ4v) is 7.07. The van der Waals surface area contributed by atoms with E-state index in [9.17, 15) is 4.57 Å². The molecule has 3 aromatic carbocycles. The van der Waals surface area contributed by atoms with Crippen molar-refractivity contribution in [3.63, 3.8) is 0 Å². The summed E-state index contributed by atoms with van der Waals surface area (Å²) in [5, 5.41) is 1.74. The van der Waals surface area contributed by atoms with E-state index in [1.54, 1.807) is 0 Å². The summed E-state index contributed by atoms with van der Waals surface area (Å²) in [5.74, 6) is -0.847. The Kier molecular flexibility index (Phi) is 5.50. The Balaban J connectivity index is 1.76. The Hall–Kier alpha value is -2.19. The third kappa shape index (κ3) is 3.46. The molecule has 0 radical (unpaired) electrons. The van der Waals surface area contributed by atoms with Crippen molar-refractivity contribution >= 4 is 17.8 Å². The zero-order chi connectivity index (χ0) is 19.5. The van der Waals surface area contributed by atoms with Gasteiger partial charge in [0.25, 0.3) is 0 Å². The molecule has 3 nitrogen and oxygen atoms in total. The molecule has 1 aliphatic rings. The van der Waals surface area contributed by atoms with Crippen molar-refractivity contribution in [3.05, 3.63) is 96.6 Å². The fraction of sp³-hybridized carbons (Fsp3) is 0.250. The van der Waals surface area contributed by atoms with Gasteiger partial charge in [0.15, 0.2) is 5.79 Å². The molecule has 0 saturated carbocycles. The van der Waals surface area contributed by atoms with Crippen molar-refractivity contribution in [2.24, 2.45) is 0 Å². The first kappa shape index (κ1) is 19.1. The van der Waals surface area contributed by atoms with Crippen LogP contribution in [-0.4, -0.2) is 18.9 Å². The molecule has 4 rings (SSSR count). The Morgan fingerprint density at radius 1 is 0.786 bits per heavy atom. The van der Waals surface area contributed by atoms with Crippen molar-refractivity contribution in [2.45, 2.75) is 24.8 Å². The molecule has 1 fully saturated rings. The van der Waals surface area contributed by atoms with E-state index in [-0.39, 0.29) is 5.66 Å². The van der Waals surface area contributed by atoms with Crippen LogP contribution in [0.15, 0.2) is 91.0 Å². The van der Waals surface area contributed by atoms with Gasteiger partial charge in [-0.15, -0.1) is 0 Å². The van der Waals surface area contributed by atoms with Gasteiger partial charge in [-0.05, 0) is 0 Å². The van der Waals surface area contributed by atoms with Crippen molar-refractivity contribution in [3.8, 4) is 0 Å². The summed E-state index contributed by atoms with van der Waals surface area (Å²) in [6.45, 7) is 3.14. The third-order valence-corrected chi connectivity index (χ3v) is 8.99. The Labute approximate surface area is 166 Å². The van der Waals surface area contributed by atoms with E-state index in [0.29, 0.717) is 19.6 Å². The van der Waals surface area contributed by atoms with Crippen LogP contribution in [0, 0.1) is 0 Å². The highest BCUT2D eigenvalue weighted by Gasteiger charge is 2.45. The van der Waals surface area contributed by atoms with Gasteiger partial charge in [-0.3, -0.25) is 0 Å². The average Bonchev–Trinajstić information content (AvgIpc) is 3.24. The monoisotopic (exact) mass is 392 g/mol. The van der Waals surface area contributed by atoms with E-state index in [4.69, 9.17) is 9.47 Å². The van der Waals surface area contributed by atoms with E-state index in [1.165, 1.54) is 0 Å². The van der Waals surface area contributed by atoms with Crippen LogP contribution in [0.3, 0.4) is 0 Å². The van der Waals surface area contributed by atoms with E-state index in [0.717, 1.165) is 16.2 Å². The van der Waals surface area contributed by atoms with Gasteiger partial charge in [-0.2, -0.15) is 0 Å². The van der Waals surface area contributed by atoms with Crippen LogP contribution in [-0.2, 0) is 19.8 Å². The molecular formula is C24H25O3P. The lowest BCUT2D eigenvalue weighted by Gasteiger charge is -2.34. The lowest BCUT2D eigenvalue weighted by Crippen LogP contribution is -2.34. The number of ether oxygens (including phenoxy) is 2. The molecule has 0 N–H and O–H groups in total. The number of rotatable bonds is 6. The van der Waals surface area contributed by atoms with Crippen molar-refractivity contribution < 1.29 is 14.0 Å². The number of hydrogen-bond acceptors (Lipinski definition) is 3. The minimum Gasteiger partial charge on any atom is -0.343 e. The summed E-state index contributed by atoms with van der Waals surface area (Å²) in [6.07, 6.45) is 0.526. The molecule has 1 heterocycles. The van der Waals surface area contributed by atoms with Crippen LogP contribution >= 0.6 is 7.14 Å².